The second kappa shape index (κ2) is 2.97. The summed E-state index contributed by atoms with van der Waals surface area (Å²) in [5.74, 6) is 0.879. The number of aromatic nitrogens is 1. The lowest BCUT2D eigenvalue weighted by molar-refractivity contribution is 0.615. The van der Waals surface area contributed by atoms with Crippen LogP contribution < -0.4 is 11.1 Å². The van der Waals surface area contributed by atoms with E-state index in [1.54, 1.807) is 12.5 Å². The molecule has 4 heteroatoms. The van der Waals surface area contributed by atoms with Crippen LogP contribution in [0, 0.1) is 0 Å². The van der Waals surface area contributed by atoms with Crippen LogP contribution in [0.15, 0.2) is 29.0 Å². The van der Waals surface area contributed by atoms with Gasteiger partial charge in [-0.1, -0.05) is 0 Å². The maximum Gasteiger partial charge on any atom is 0.139 e. The van der Waals surface area contributed by atoms with Crippen LogP contribution in [0.2, 0.25) is 0 Å². The lowest BCUT2D eigenvalue weighted by atomic mass is 10.2. The molecule has 0 atom stereocenters. The maximum absolute atomic E-state index is 5.72. The minimum absolute atomic E-state index is 0.0819. The molecule has 0 radical (unpaired) electrons. The molecule has 0 aliphatic heterocycles. The first-order valence-corrected chi connectivity index (χ1v) is 5.13. The number of nitrogens with one attached hydrogen (secondary N) is 1. The Hall–Kier alpha value is -1.55. The van der Waals surface area contributed by atoms with E-state index < -0.39 is 0 Å². The molecule has 1 aliphatic carbocycles. The Bertz CT molecular complexity index is 487. The second-order valence-corrected chi connectivity index (χ2v) is 4.10. The number of hydrogen-bond acceptors (Lipinski definition) is 4. The Labute approximate surface area is 87.5 Å². The highest BCUT2D eigenvalue weighted by Gasteiger charge is 2.41. The molecule has 78 valence electrons. The molecule has 0 saturated heterocycles. The smallest absolute Gasteiger partial charge is 0.139 e. The zero-order valence-corrected chi connectivity index (χ0v) is 8.36. The van der Waals surface area contributed by atoms with E-state index in [2.05, 4.69) is 10.3 Å². The van der Waals surface area contributed by atoms with Gasteiger partial charge >= 0.3 is 0 Å². The van der Waals surface area contributed by atoms with Gasteiger partial charge in [-0.2, -0.15) is 0 Å². The van der Waals surface area contributed by atoms with Crippen molar-refractivity contribution in [3.8, 4) is 0 Å². The average Bonchev–Trinajstić information content (AvgIpc) is 2.87. The Balaban J connectivity index is 2.00. The standard InChI is InChI=1S/C11H13N3O/c12-7-11(3-4-11)14-10-8-2-6-15-9(8)1-5-13-10/h1-2,5-6H,3-4,7,12H2,(H,13,14). The third-order valence-electron chi connectivity index (χ3n) is 3.01. The summed E-state index contributed by atoms with van der Waals surface area (Å²) in [5, 5.41) is 4.44. The number of hydrogen-bond donors (Lipinski definition) is 2. The van der Waals surface area contributed by atoms with E-state index >= 15 is 0 Å². The molecule has 1 fully saturated rings. The summed E-state index contributed by atoms with van der Waals surface area (Å²) in [4.78, 5) is 4.33. The number of fused-ring (bicyclic) bond motifs is 1. The minimum atomic E-state index is 0.0819. The van der Waals surface area contributed by atoms with E-state index in [1.165, 1.54) is 0 Å². The van der Waals surface area contributed by atoms with Gasteiger partial charge in [-0.15, -0.1) is 0 Å². The normalized spacial score (nSPS) is 17.9. The number of nitrogens with two attached hydrogens (primary N) is 1. The predicted molar refractivity (Wildman–Crippen MR) is 58.7 cm³/mol. The summed E-state index contributed by atoms with van der Waals surface area (Å²) in [6.45, 7) is 0.656. The zero-order chi connectivity index (χ0) is 10.3. The summed E-state index contributed by atoms with van der Waals surface area (Å²) in [5.41, 5.74) is 6.67. The largest absolute Gasteiger partial charge is 0.464 e. The fraction of sp³-hybridized carbons (Fsp3) is 0.364. The summed E-state index contributed by atoms with van der Waals surface area (Å²) in [6.07, 6.45) is 5.68. The van der Waals surface area contributed by atoms with Crippen molar-refractivity contribution >= 4 is 16.8 Å². The first kappa shape index (κ1) is 8.73. The third kappa shape index (κ3) is 1.37. The molecule has 0 spiro atoms. The lowest BCUT2D eigenvalue weighted by Crippen LogP contribution is -2.31. The van der Waals surface area contributed by atoms with Crippen LogP contribution in [0.5, 0.6) is 0 Å². The van der Waals surface area contributed by atoms with E-state index in [0.717, 1.165) is 29.6 Å². The van der Waals surface area contributed by atoms with Crippen molar-refractivity contribution in [3.63, 3.8) is 0 Å². The second-order valence-electron chi connectivity index (χ2n) is 4.10. The quantitative estimate of drug-likeness (QED) is 0.797. The van der Waals surface area contributed by atoms with Gasteiger partial charge in [0.25, 0.3) is 0 Å². The topological polar surface area (TPSA) is 64.1 Å². The molecule has 0 amide bonds. The predicted octanol–water partition coefficient (Wildman–Crippen LogP) is 1.73. The molecule has 1 saturated carbocycles. The van der Waals surface area contributed by atoms with Gasteiger partial charge in [0.1, 0.15) is 11.4 Å². The molecule has 3 N–H and O–H groups in total. The first-order valence-electron chi connectivity index (χ1n) is 5.13. The molecule has 0 unspecified atom stereocenters. The van der Waals surface area contributed by atoms with Crippen LogP contribution in [0.4, 0.5) is 5.82 Å². The van der Waals surface area contributed by atoms with Gasteiger partial charge in [-0.3, -0.25) is 0 Å². The van der Waals surface area contributed by atoms with E-state index in [1.807, 2.05) is 12.1 Å². The fourth-order valence-corrected chi connectivity index (χ4v) is 1.78. The molecule has 2 aromatic rings. The van der Waals surface area contributed by atoms with Crippen molar-refractivity contribution in [1.29, 1.82) is 0 Å². The van der Waals surface area contributed by atoms with Crippen LogP contribution in [-0.4, -0.2) is 17.1 Å². The molecular weight excluding hydrogens is 190 g/mol. The maximum atomic E-state index is 5.72. The molecular formula is C11H13N3O. The number of rotatable bonds is 3. The van der Waals surface area contributed by atoms with Crippen molar-refractivity contribution in [2.75, 3.05) is 11.9 Å². The average molecular weight is 203 g/mol. The van der Waals surface area contributed by atoms with Gasteiger partial charge in [0.05, 0.1) is 17.2 Å². The molecule has 4 nitrogen and oxygen atoms in total. The fourth-order valence-electron chi connectivity index (χ4n) is 1.78. The lowest BCUT2D eigenvalue weighted by Gasteiger charge is -2.15. The third-order valence-corrected chi connectivity index (χ3v) is 3.01. The van der Waals surface area contributed by atoms with Gasteiger partial charge in [0.15, 0.2) is 0 Å². The first-order chi connectivity index (χ1) is 7.33. The number of anilines is 1. The Kier molecular flexibility index (Phi) is 1.73. The highest BCUT2D eigenvalue weighted by Crippen LogP contribution is 2.38. The van der Waals surface area contributed by atoms with Gasteiger partial charge in [0.2, 0.25) is 0 Å². The summed E-state index contributed by atoms with van der Waals surface area (Å²) < 4.78 is 5.32. The highest BCUT2D eigenvalue weighted by molar-refractivity contribution is 5.88. The van der Waals surface area contributed by atoms with Crippen molar-refractivity contribution in [3.05, 3.63) is 24.6 Å². The van der Waals surface area contributed by atoms with Crippen LogP contribution in [0.3, 0.4) is 0 Å². The van der Waals surface area contributed by atoms with Crippen LogP contribution in [-0.2, 0) is 0 Å². The molecule has 2 aromatic heterocycles. The van der Waals surface area contributed by atoms with Crippen LogP contribution in [0.1, 0.15) is 12.8 Å². The highest BCUT2D eigenvalue weighted by atomic mass is 16.3. The zero-order valence-electron chi connectivity index (χ0n) is 8.36. The van der Waals surface area contributed by atoms with E-state index in [-0.39, 0.29) is 5.54 Å². The van der Waals surface area contributed by atoms with Gasteiger partial charge in [-0.05, 0) is 25.0 Å². The number of furan rings is 1. The Morgan fingerprint density at radius 3 is 3.07 bits per heavy atom. The summed E-state index contributed by atoms with van der Waals surface area (Å²) in [6, 6.07) is 3.79. The minimum Gasteiger partial charge on any atom is -0.464 e. The SMILES string of the molecule is NCC1(Nc2nccc3occc23)CC1. The van der Waals surface area contributed by atoms with Crippen LogP contribution >= 0.6 is 0 Å². The molecule has 0 aromatic carbocycles. The molecule has 15 heavy (non-hydrogen) atoms. The van der Waals surface area contributed by atoms with E-state index in [4.69, 9.17) is 10.2 Å². The van der Waals surface area contributed by atoms with E-state index in [0.29, 0.717) is 6.54 Å². The summed E-state index contributed by atoms with van der Waals surface area (Å²) in [7, 11) is 0. The van der Waals surface area contributed by atoms with Crippen molar-refractivity contribution in [2.24, 2.45) is 5.73 Å². The molecule has 2 heterocycles. The molecule has 1 aliphatic rings. The van der Waals surface area contributed by atoms with Gasteiger partial charge in [0, 0.05) is 12.7 Å². The van der Waals surface area contributed by atoms with Gasteiger partial charge < -0.3 is 15.5 Å². The van der Waals surface area contributed by atoms with E-state index in [9.17, 15) is 0 Å². The number of nitrogens with zero attached hydrogens (tertiary/aromatic N) is 1. The molecule has 3 rings (SSSR count). The monoisotopic (exact) mass is 203 g/mol. The Morgan fingerprint density at radius 1 is 1.47 bits per heavy atom. The number of pyridine rings is 1. The van der Waals surface area contributed by atoms with Crippen molar-refractivity contribution in [1.82, 2.24) is 4.98 Å². The summed E-state index contributed by atoms with van der Waals surface area (Å²) >= 11 is 0. The van der Waals surface area contributed by atoms with Gasteiger partial charge in [-0.25, -0.2) is 4.98 Å². The Morgan fingerprint density at radius 2 is 2.33 bits per heavy atom. The molecule has 0 bridgehead atoms. The van der Waals surface area contributed by atoms with Crippen LogP contribution in [0.25, 0.3) is 11.0 Å². The van der Waals surface area contributed by atoms with Crippen molar-refractivity contribution in [2.45, 2.75) is 18.4 Å². The van der Waals surface area contributed by atoms with Crippen molar-refractivity contribution < 1.29 is 4.42 Å².